The van der Waals surface area contributed by atoms with Crippen LogP contribution < -0.4 is 0 Å². The van der Waals surface area contributed by atoms with Gasteiger partial charge in [-0.1, -0.05) is 25.5 Å². The van der Waals surface area contributed by atoms with Crippen molar-refractivity contribution in [3.63, 3.8) is 0 Å². The van der Waals surface area contributed by atoms with E-state index in [4.69, 9.17) is 5.11 Å². The Kier molecular flexibility index (Phi) is 3.09. The summed E-state index contributed by atoms with van der Waals surface area (Å²) in [5, 5.41) is 9.02. The average Bonchev–Trinajstić information content (AvgIpc) is 2.08. The Labute approximate surface area is 71.9 Å². The Bertz CT molecular complexity index is 258. The molecule has 0 aliphatic rings. The number of aryl methyl sites for hydroxylation is 1. The molecule has 0 unspecified atom stereocenters. The summed E-state index contributed by atoms with van der Waals surface area (Å²) >= 11 is 0. The zero-order chi connectivity index (χ0) is 8.97. The Morgan fingerprint density at radius 1 is 1.42 bits per heavy atom. The number of rotatable bonds is 3. The molecule has 1 aromatic rings. The van der Waals surface area contributed by atoms with Gasteiger partial charge >= 0.3 is 0 Å². The first kappa shape index (κ1) is 9.04. The number of unbranched alkanes of at least 4 members (excludes halogenated alkanes) is 1. The number of hydrogen-bond donors (Lipinski definition) is 1. The van der Waals surface area contributed by atoms with Crippen molar-refractivity contribution in [2.75, 3.05) is 0 Å². The van der Waals surface area contributed by atoms with Crippen LogP contribution in [0.15, 0.2) is 18.2 Å². The highest BCUT2D eigenvalue weighted by Gasteiger charge is 2.04. The lowest BCUT2D eigenvalue weighted by atomic mass is 10.1. The molecule has 1 nitrogen and oxygen atoms in total. The second kappa shape index (κ2) is 4.10. The van der Waals surface area contributed by atoms with E-state index < -0.39 is 5.82 Å². The molecule has 0 heterocycles. The van der Waals surface area contributed by atoms with E-state index in [1.807, 2.05) is 0 Å². The Morgan fingerprint density at radius 3 is 2.83 bits per heavy atom. The first-order chi connectivity index (χ1) is 5.75. The van der Waals surface area contributed by atoms with Crippen LogP contribution in [0, 0.1) is 5.82 Å². The number of phenolic OH excluding ortho intramolecular Hbond substituents is 1. The van der Waals surface area contributed by atoms with E-state index in [1.165, 1.54) is 6.07 Å². The Morgan fingerprint density at radius 2 is 2.17 bits per heavy atom. The van der Waals surface area contributed by atoms with Crippen LogP contribution >= 0.6 is 0 Å². The summed E-state index contributed by atoms with van der Waals surface area (Å²) < 4.78 is 13.1. The summed E-state index contributed by atoms with van der Waals surface area (Å²) in [4.78, 5) is 0. The van der Waals surface area contributed by atoms with Crippen LogP contribution in [0.3, 0.4) is 0 Å². The second-order valence-electron chi connectivity index (χ2n) is 2.85. The lowest BCUT2D eigenvalue weighted by molar-refractivity contribution is 0.428. The smallest absolute Gasteiger partial charge is 0.167 e. The number of benzene rings is 1. The van der Waals surface area contributed by atoms with Gasteiger partial charge in [0.25, 0.3) is 0 Å². The van der Waals surface area contributed by atoms with Crippen molar-refractivity contribution < 1.29 is 9.50 Å². The lowest BCUT2D eigenvalue weighted by Gasteiger charge is -2.02. The van der Waals surface area contributed by atoms with Crippen LogP contribution in [-0.4, -0.2) is 5.11 Å². The van der Waals surface area contributed by atoms with Gasteiger partial charge in [0.05, 0.1) is 0 Å². The third-order valence-corrected chi connectivity index (χ3v) is 1.86. The molecule has 0 amide bonds. The van der Waals surface area contributed by atoms with E-state index in [1.54, 1.807) is 12.1 Å². The summed E-state index contributed by atoms with van der Waals surface area (Å²) in [6.45, 7) is 2.06. The zero-order valence-corrected chi connectivity index (χ0v) is 7.18. The molecular formula is C10H13FO. The fourth-order valence-corrected chi connectivity index (χ4v) is 1.13. The van der Waals surface area contributed by atoms with Gasteiger partial charge in [0, 0.05) is 0 Å². The van der Waals surface area contributed by atoms with Gasteiger partial charge in [-0.15, -0.1) is 0 Å². The summed E-state index contributed by atoms with van der Waals surface area (Å²) in [5.41, 5.74) is 0.608. The molecule has 0 saturated carbocycles. The number of hydrogen-bond acceptors (Lipinski definition) is 1. The molecule has 0 bridgehead atoms. The third-order valence-electron chi connectivity index (χ3n) is 1.86. The molecule has 2 heteroatoms. The quantitative estimate of drug-likeness (QED) is 0.735. The minimum atomic E-state index is -0.467. The Hall–Kier alpha value is -1.05. The minimum Gasteiger partial charge on any atom is -0.505 e. The van der Waals surface area contributed by atoms with Gasteiger partial charge < -0.3 is 5.11 Å². The normalized spacial score (nSPS) is 10.2. The fourth-order valence-electron chi connectivity index (χ4n) is 1.13. The maximum Gasteiger partial charge on any atom is 0.167 e. The van der Waals surface area contributed by atoms with E-state index in [0.29, 0.717) is 12.0 Å². The largest absolute Gasteiger partial charge is 0.505 e. The van der Waals surface area contributed by atoms with Crippen molar-refractivity contribution in [2.24, 2.45) is 0 Å². The predicted octanol–water partition coefficient (Wildman–Crippen LogP) is 2.87. The molecule has 66 valence electrons. The second-order valence-corrected chi connectivity index (χ2v) is 2.85. The molecule has 0 spiro atoms. The number of aromatic hydroxyl groups is 1. The lowest BCUT2D eigenvalue weighted by Crippen LogP contribution is -1.90. The molecule has 0 saturated heterocycles. The summed E-state index contributed by atoms with van der Waals surface area (Å²) in [6.07, 6.45) is 2.70. The molecule has 1 rings (SSSR count). The minimum absolute atomic E-state index is 0.247. The predicted molar refractivity (Wildman–Crippen MR) is 46.7 cm³/mol. The van der Waals surface area contributed by atoms with E-state index in [2.05, 4.69) is 6.92 Å². The topological polar surface area (TPSA) is 20.2 Å². The Balaban J connectivity index is 2.78. The van der Waals surface area contributed by atoms with E-state index in [0.717, 1.165) is 12.8 Å². The van der Waals surface area contributed by atoms with Crippen LogP contribution in [0.4, 0.5) is 4.39 Å². The van der Waals surface area contributed by atoms with Gasteiger partial charge in [0.2, 0.25) is 0 Å². The molecule has 12 heavy (non-hydrogen) atoms. The van der Waals surface area contributed by atoms with Gasteiger partial charge in [-0.05, 0) is 24.5 Å². The maximum absolute atomic E-state index is 13.1. The van der Waals surface area contributed by atoms with E-state index in [9.17, 15) is 4.39 Å². The van der Waals surface area contributed by atoms with E-state index in [-0.39, 0.29) is 5.75 Å². The molecule has 0 radical (unpaired) electrons. The standard InChI is InChI=1S/C10H13FO/c1-2-3-5-8-6-4-7-9(12)10(8)11/h4,6-7,12H,2-3,5H2,1H3. The highest BCUT2D eigenvalue weighted by molar-refractivity contribution is 5.29. The number of halogens is 1. The number of phenols is 1. The fraction of sp³-hybridized carbons (Fsp3) is 0.400. The van der Waals surface area contributed by atoms with Gasteiger partial charge in [-0.25, -0.2) is 4.39 Å². The van der Waals surface area contributed by atoms with Crippen molar-refractivity contribution in [2.45, 2.75) is 26.2 Å². The van der Waals surface area contributed by atoms with Gasteiger partial charge in [-0.2, -0.15) is 0 Å². The van der Waals surface area contributed by atoms with Crippen LogP contribution in [-0.2, 0) is 6.42 Å². The summed E-state index contributed by atoms with van der Waals surface area (Å²) in [6, 6.07) is 4.75. The van der Waals surface area contributed by atoms with Crippen molar-refractivity contribution in [1.29, 1.82) is 0 Å². The summed E-state index contributed by atoms with van der Waals surface area (Å²) in [7, 11) is 0. The van der Waals surface area contributed by atoms with Gasteiger partial charge in [0.15, 0.2) is 11.6 Å². The molecule has 0 fully saturated rings. The first-order valence-corrected chi connectivity index (χ1v) is 4.22. The van der Waals surface area contributed by atoms with Crippen molar-refractivity contribution in [1.82, 2.24) is 0 Å². The van der Waals surface area contributed by atoms with Crippen molar-refractivity contribution >= 4 is 0 Å². The van der Waals surface area contributed by atoms with Crippen molar-refractivity contribution in [3.8, 4) is 5.75 Å². The third kappa shape index (κ3) is 1.97. The molecular weight excluding hydrogens is 155 g/mol. The molecule has 0 atom stereocenters. The monoisotopic (exact) mass is 168 g/mol. The molecule has 0 aliphatic heterocycles. The maximum atomic E-state index is 13.1. The highest BCUT2D eigenvalue weighted by Crippen LogP contribution is 2.19. The van der Waals surface area contributed by atoms with E-state index >= 15 is 0 Å². The SMILES string of the molecule is CCCCc1cccc(O)c1F. The molecule has 0 aliphatic carbocycles. The highest BCUT2D eigenvalue weighted by atomic mass is 19.1. The first-order valence-electron chi connectivity index (χ1n) is 4.22. The molecule has 1 aromatic carbocycles. The molecule has 1 N–H and O–H groups in total. The van der Waals surface area contributed by atoms with Gasteiger partial charge in [-0.3, -0.25) is 0 Å². The molecule has 0 aromatic heterocycles. The van der Waals surface area contributed by atoms with Crippen LogP contribution in [0.5, 0.6) is 5.75 Å². The van der Waals surface area contributed by atoms with Crippen LogP contribution in [0.2, 0.25) is 0 Å². The van der Waals surface area contributed by atoms with Crippen LogP contribution in [0.25, 0.3) is 0 Å². The summed E-state index contributed by atoms with van der Waals surface area (Å²) in [5.74, 6) is -0.713. The zero-order valence-electron chi connectivity index (χ0n) is 7.18. The van der Waals surface area contributed by atoms with Crippen molar-refractivity contribution in [3.05, 3.63) is 29.6 Å². The average molecular weight is 168 g/mol. The van der Waals surface area contributed by atoms with Gasteiger partial charge in [0.1, 0.15) is 0 Å². The van der Waals surface area contributed by atoms with Crippen LogP contribution in [0.1, 0.15) is 25.3 Å².